The van der Waals surface area contributed by atoms with Crippen LogP contribution in [0.25, 0.3) is 0 Å². The number of carbonyl (C=O) groups is 4. The van der Waals surface area contributed by atoms with Gasteiger partial charge in [0.15, 0.2) is 23.1 Å². The van der Waals surface area contributed by atoms with Crippen LogP contribution in [0, 0.1) is 18.8 Å². The zero-order valence-electron chi connectivity index (χ0n) is 20.8. The number of epoxide rings is 1. The minimum absolute atomic E-state index is 0.0187. The lowest BCUT2D eigenvalue weighted by Gasteiger charge is -2.42. The first kappa shape index (κ1) is 23.0. The molecule has 9 nitrogen and oxygen atoms in total. The standard InChI is InChI=1S/C27H29N3O6/c1-11-7-15-17(29(3)4)5-6-30(12(2)31)22(15)16-9-13-8-14-10-18(32)21(26(28)35)24(34)27(14)25(36-27)20(13)23(33)19(11)16/h7,13-14,17,34H,5-6,8-10H2,1-4H3,(H2,28,35)/t13?,14?,17?,27-/m1/s1. The van der Waals surface area contributed by atoms with Gasteiger partial charge in [0.25, 0.3) is 5.91 Å². The van der Waals surface area contributed by atoms with Gasteiger partial charge in [0, 0.05) is 43.0 Å². The number of benzene rings is 1. The number of nitrogens with zero attached hydrogens (tertiary/aromatic N) is 2. The van der Waals surface area contributed by atoms with Crippen LogP contribution in [-0.4, -0.2) is 59.6 Å². The summed E-state index contributed by atoms with van der Waals surface area (Å²) >= 11 is 0. The lowest BCUT2D eigenvalue weighted by molar-refractivity contribution is -0.123. The van der Waals surface area contributed by atoms with Crippen molar-refractivity contribution in [1.82, 2.24) is 4.90 Å². The minimum atomic E-state index is -1.30. The quantitative estimate of drug-likeness (QED) is 0.478. The number of aliphatic hydroxyl groups is 1. The van der Waals surface area contributed by atoms with Crippen molar-refractivity contribution < 1.29 is 29.0 Å². The van der Waals surface area contributed by atoms with E-state index in [9.17, 15) is 24.3 Å². The third kappa shape index (κ3) is 2.74. The molecule has 3 N–H and O–H groups in total. The molecule has 1 saturated heterocycles. The molecule has 1 aromatic rings. The molecule has 0 saturated carbocycles. The monoisotopic (exact) mass is 491 g/mol. The van der Waals surface area contributed by atoms with E-state index in [2.05, 4.69) is 4.90 Å². The van der Waals surface area contributed by atoms with Gasteiger partial charge in [0.05, 0.1) is 5.69 Å². The number of allylic oxidation sites excluding steroid dienone is 1. The van der Waals surface area contributed by atoms with E-state index in [-0.39, 0.29) is 36.0 Å². The zero-order chi connectivity index (χ0) is 25.8. The maximum atomic E-state index is 14.0. The summed E-state index contributed by atoms with van der Waals surface area (Å²) < 4.78 is 5.95. The van der Waals surface area contributed by atoms with Gasteiger partial charge in [0.1, 0.15) is 5.57 Å². The Kier molecular flexibility index (Phi) is 4.65. The summed E-state index contributed by atoms with van der Waals surface area (Å²) in [7, 11) is 4.04. The number of aliphatic hydroxyl groups excluding tert-OH is 1. The number of rotatable bonds is 2. The number of fused-ring (bicyclic) bond motifs is 4. The van der Waals surface area contributed by atoms with Crippen molar-refractivity contribution in [3.63, 3.8) is 0 Å². The molecule has 36 heavy (non-hydrogen) atoms. The van der Waals surface area contributed by atoms with Gasteiger partial charge in [-0.3, -0.25) is 19.2 Å². The first-order chi connectivity index (χ1) is 17.0. The number of primary amides is 1. The molecule has 3 unspecified atom stereocenters. The highest BCUT2D eigenvalue weighted by Crippen LogP contribution is 2.64. The summed E-state index contributed by atoms with van der Waals surface area (Å²) in [5, 5.41) is 10.9. The van der Waals surface area contributed by atoms with Crippen LogP contribution < -0.4 is 10.6 Å². The number of aryl methyl sites for hydroxylation is 1. The Morgan fingerprint density at radius 2 is 1.97 bits per heavy atom. The van der Waals surface area contributed by atoms with E-state index >= 15 is 0 Å². The molecule has 5 aliphatic rings. The first-order valence-corrected chi connectivity index (χ1v) is 12.3. The fraction of sp³-hybridized carbons (Fsp3) is 0.481. The summed E-state index contributed by atoms with van der Waals surface area (Å²) in [4.78, 5) is 55.1. The molecule has 0 radical (unpaired) electrons. The fourth-order valence-corrected chi connectivity index (χ4v) is 7.16. The van der Waals surface area contributed by atoms with Crippen LogP contribution in [0.2, 0.25) is 0 Å². The Morgan fingerprint density at radius 1 is 1.25 bits per heavy atom. The molecule has 1 fully saturated rings. The average Bonchev–Trinajstić information content (AvgIpc) is 3.53. The normalized spacial score (nSPS) is 30.2. The van der Waals surface area contributed by atoms with Gasteiger partial charge in [-0.2, -0.15) is 0 Å². The molecular weight excluding hydrogens is 462 g/mol. The molecule has 188 valence electrons. The van der Waals surface area contributed by atoms with Gasteiger partial charge < -0.3 is 25.4 Å². The highest BCUT2D eigenvalue weighted by molar-refractivity contribution is 6.21. The number of ketones is 2. The smallest absolute Gasteiger partial charge is 0.255 e. The third-order valence-electron chi connectivity index (χ3n) is 8.71. The Bertz CT molecular complexity index is 1370. The van der Waals surface area contributed by atoms with Gasteiger partial charge in [-0.05, 0) is 62.9 Å². The van der Waals surface area contributed by atoms with Crippen molar-refractivity contribution in [3.8, 4) is 0 Å². The van der Waals surface area contributed by atoms with E-state index in [0.717, 1.165) is 28.8 Å². The number of anilines is 1. The Hall–Kier alpha value is -3.46. The van der Waals surface area contributed by atoms with Crippen LogP contribution in [0.15, 0.2) is 28.7 Å². The summed E-state index contributed by atoms with van der Waals surface area (Å²) in [6, 6.07) is 2.15. The van der Waals surface area contributed by atoms with Crippen LogP contribution >= 0.6 is 0 Å². The molecule has 1 aromatic carbocycles. The third-order valence-corrected chi connectivity index (χ3v) is 8.71. The van der Waals surface area contributed by atoms with Crippen molar-refractivity contribution in [2.75, 3.05) is 25.5 Å². The van der Waals surface area contributed by atoms with E-state index in [1.165, 1.54) is 0 Å². The predicted molar refractivity (Wildman–Crippen MR) is 129 cm³/mol. The maximum Gasteiger partial charge on any atom is 0.255 e. The van der Waals surface area contributed by atoms with Gasteiger partial charge in [-0.1, -0.05) is 6.07 Å². The second-order valence-corrected chi connectivity index (χ2v) is 10.9. The van der Waals surface area contributed by atoms with Gasteiger partial charge in [-0.25, -0.2) is 0 Å². The molecule has 9 heteroatoms. The van der Waals surface area contributed by atoms with Crippen molar-refractivity contribution in [3.05, 3.63) is 51.0 Å². The molecule has 4 atom stereocenters. The Balaban J connectivity index is 1.54. The van der Waals surface area contributed by atoms with Crippen molar-refractivity contribution in [2.45, 2.75) is 51.2 Å². The summed E-state index contributed by atoms with van der Waals surface area (Å²) in [6.45, 7) is 4.04. The number of carbonyl (C=O) groups excluding carboxylic acids is 4. The molecule has 2 heterocycles. The molecule has 3 aliphatic carbocycles. The predicted octanol–water partition coefficient (Wildman–Crippen LogP) is 2.02. The SMILES string of the molecule is CC(=O)N1CCC(N(C)C)c2cc(C)c3c(c21)CC1CC2CC(=O)C(C(N)=O)=C(O)[C@]24OC4=C1C3=O. The average molecular weight is 492 g/mol. The zero-order valence-corrected chi connectivity index (χ0v) is 20.8. The maximum absolute atomic E-state index is 14.0. The summed E-state index contributed by atoms with van der Waals surface area (Å²) in [5.74, 6) is -2.43. The van der Waals surface area contributed by atoms with E-state index in [1.54, 1.807) is 11.8 Å². The first-order valence-electron chi connectivity index (χ1n) is 12.3. The number of hydrogen-bond acceptors (Lipinski definition) is 7. The number of Topliss-reactive ketones (excluding diaryl/α,β-unsaturated/α-hetero) is 2. The molecule has 0 bridgehead atoms. The second kappa shape index (κ2) is 7.29. The lowest BCUT2D eigenvalue weighted by atomic mass is 9.63. The van der Waals surface area contributed by atoms with Crippen molar-refractivity contribution in [1.29, 1.82) is 0 Å². The highest BCUT2D eigenvalue weighted by Gasteiger charge is 2.71. The molecule has 2 aliphatic heterocycles. The van der Waals surface area contributed by atoms with Crippen molar-refractivity contribution >= 4 is 29.1 Å². The molecule has 2 amide bonds. The van der Waals surface area contributed by atoms with E-state index in [1.807, 2.05) is 27.1 Å². The van der Waals surface area contributed by atoms with Crippen molar-refractivity contribution in [2.24, 2.45) is 17.6 Å². The largest absolute Gasteiger partial charge is 0.507 e. The Morgan fingerprint density at radius 3 is 2.61 bits per heavy atom. The molecule has 6 rings (SSSR count). The number of ether oxygens (including phenoxy) is 1. The van der Waals surface area contributed by atoms with Crippen LogP contribution in [0.3, 0.4) is 0 Å². The van der Waals surface area contributed by atoms with E-state index in [4.69, 9.17) is 10.5 Å². The molecule has 1 spiro atoms. The second-order valence-electron chi connectivity index (χ2n) is 10.9. The van der Waals surface area contributed by atoms with Gasteiger partial charge >= 0.3 is 0 Å². The van der Waals surface area contributed by atoms with Crippen LogP contribution in [0.1, 0.15) is 59.3 Å². The van der Waals surface area contributed by atoms with Crippen LogP contribution in [-0.2, 0) is 25.5 Å². The van der Waals surface area contributed by atoms with E-state index in [0.29, 0.717) is 36.3 Å². The van der Waals surface area contributed by atoms with Crippen LogP contribution in [0.5, 0.6) is 0 Å². The van der Waals surface area contributed by atoms with Crippen LogP contribution in [0.4, 0.5) is 5.69 Å². The Labute approximate surface area is 208 Å². The van der Waals surface area contributed by atoms with Gasteiger partial charge in [-0.15, -0.1) is 0 Å². The number of nitrogens with two attached hydrogens (primary N) is 1. The highest BCUT2D eigenvalue weighted by atomic mass is 16.6. The fourth-order valence-electron chi connectivity index (χ4n) is 7.16. The summed E-state index contributed by atoms with van der Waals surface area (Å²) in [5.41, 5.74) is 8.31. The molecular formula is C27H29N3O6. The lowest BCUT2D eigenvalue weighted by Crippen LogP contribution is -2.44. The number of hydrogen-bond donors (Lipinski definition) is 2. The number of amides is 2. The van der Waals surface area contributed by atoms with Gasteiger partial charge in [0.2, 0.25) is 11.5 Å². The molecule has 0 aromatic heterocycles. The summed E-state index contributed by atoms with van der Waals surface area (Å²) in [6.07, 6.45) is 1.81. The minimum Gasteiger partial charge on any atom is -0.507 e. The topological polar surface area (TPSA) is 134 Å². The van der Waals surface area contributed by atoms with E-state index < -0.39 is 28.6 Å².